The maximum atomic E-state index is 12.1. The van der Waals surface area contributed by atoms with Gasteiger partial charge in [0.1, 0.15) is 12.9 Å². The number of carbonyl (C=O) groups excluding carboxylic acids is 2. The van der Waals surface area contributed by atoms with Gasteiger partial charge in [0.15, 0.2) is 0 Å². The van der Waals surface area contributed by atoms with Crippen LogP contribution in [0.4, 0.5) is 4.79 Å². The minimum atomic E-state index is -0.419. The molecule has 0 saturated heterocycles. The SMILES string of the molecule is O=CCc1ccc2cn(C(=O)OCc3ccccc3)cc2c1. The van der Waals surface area contributed by atoms with Crippen molar-refractivity contribution < 1.29 is 14.3 Å². The molecule has 0 aliphatic heterocycles. The number of hydrogen-bond acceptors (Lipinski definition) is 3. The van der Waals surface area contributed by atoms with Crippen molar-refractivity contribution in [3.8, 4) is 0 Å². The van der Waals surface area contributed by atoms with Crippen molar-refractivity contribution in [3.05, 3.63) is 72.1 Å². The van der Waals surface area contributed by atoms with Crippen molar-refractivity contribution in [1.29, 1.82) is 0 Å². The lowest BCUT2D eigenvalue weighted by Gasteiger charge is -2.04. The van der Waals surface area contributed by atoms with E-state index in [1.807, 2.05) is 48.5 Å². The highest BCUT2D eigenvalue weighted by Crippen LogP contribution is 2.18. The van der Waals surface area contributed by atoms with Crippen LogP contribution in [0.2, 0.25) is 0 Å². The Labute approximate surface area is 127 Å². The van der Waals surface area contributed by atoms with Gasteiger partial charge in [-0.2, -0.15) is 0 Å². The van der Waals surface area contributed by atoms with Crippen molar-refractivity contribution in [1.82, 2.24) is 4.57 Å². The maximum Gasteiger partial charge on any atom is 0.418 e. The molecule has 0 aliphatic rings. The standard InChI is InChI=1S/C18H15NO3/c20-9-8-14-6-7-16-11-19(12-17(16)10-14)18(21)22-13-15-4-2-1-3-5-15/h1-7,9-12H,8,13H2. The Balaban J connectivity index is 1.74. The van der Waals surface area contributed by atoms with Crippen LogP contribution in [0, 0.1) is 0 Å². The van der Waals surface area contributed by atoms with Gasteiger partial charge in [0.25, 0.3) is 0 Å². The van der Waals surface area contributed by atoms with Gasteiger partial charge in [0.2, 0.25) is 0 Å². The third-order valence-corrected chi connectivity index (χ3v) is 3.44. The third-order valence-electron chi connectivity index (χ3n) is 3.44. The van der Waals surface area contributed by atoms with E-state index in [0.717, 1.165) is 28.2 Å². The van der Waals surface area contributed by atoms with Gasteiger partial charge in [-0.1, -0.05) is 42.5 Å². The Morgan fingerprint density at radius 2 is 1.77 bits per heavy atom. The second-order valence-electron chi connectivity index (χ2n) is 5.04. The van der Waals surface area contributed by atoms with Crippen molar-refractivity contribution in [3.63, 3.8) is 0 Å². The van der Waals surface area contributed by atoms with Gasteiger partial charge in [0, 0.05) is 24.2 Å². The monoisotopic (exact) mass is 293 g/mol. The summed E-state index contributed by atoms with van der Waals surface area (Å²) in [4.78, 5) is 22.6. The van der Waals surface area contributed by atoms with Gasteiger partial charge in [0.05, 0.1) is 0 Å². The van der Waals surface area contributed by atoms with Crippen molar-refractivity contribution in [2.45, 2.75) is 13.0 Å². The molecule has 1 heterocycles. The number of ether oxygens (including phenoxy) is 1. The first kappa shape index (κ1) is 14.1. The Hall–Kier alpha value is -2.88. The van der Waals surface area contributed by atoms with Gasteiger partial charge in [-0.05, 0) is 22.6 Å². The maximum absolute atomic E-state index is 12.1. The molecule has 0 bridgehead atoms. The number of hydrogen-bond donors (Lipinski definition) is 0. The number of benzene rings is 2. The molecule has 0 unspecified atom stereocenters. The molecule has 0 aliphatic carbocycles. The molecule has 0 saturated carbocycles. The number of nitrogens with zero attached hydrogens (tertiary/aromatic N) is 1. The van der Waals surface area contributed by atoms with E-state index in [-0.39, 0.29) is 6.61 Å². The summed E-state index contributed by atoms with van der Waals surface area (Å²) in [6.07, 6.45) is 4.27. The fourth-order valence-electron chi connectivity index (χ4n) is 2.31. The molecule has 0 fully saturated rings. The Morgan fingerprint density at radius 3 is 2.55 bits per heavy atom. The van der Waals surface area contributed by atoms with Crippen LogP contribution in [-0.4, -0.2) is 16.9 Å². The molecule has 0 radical (unpaired) electrons. The highest BCUT2D eigenvalue weighted by Gasteiger charge is 2.08. The summed E-state index contributed by atoms with van der Waals surface area (Å²) in [5.74, 6) is 0. The van der Waals surface area contributed by atoms with Gasteiger partial charge in [-0.25, -0.2) is 4.79 Å². The average molecular weight is 293 g/mol. The van der Waals surface area contributed by atoms with E-state index >= 15 is 0 Å². The third kappa shape index (κ3) is 3.06. The second-order valence-corrected chi connectivity index (χ2v) is 5.04. The molecule has 4 heteroatoms. The fourth-order valence-corrected chi connectivity index (χ4v) is 2.31. The number of carbonyl (C=O) groups is 2. The first-order valence-electron chi connectivity index (χ1n) is 7.01. The summed E-state index contributed by atoms with van der Waals surface area (Å²) in [5.41, 5.74) is 1.87. The summed E-state index contributed by atoms with van der Waals surface area (Å²) in [5, 5.41) is 1.85. The van der Waals surface area contributed by atoms with Crippen LogP contribution < -0.4 is 0 Å². The Bertz CT molecular complexity index is 806. The summed E-state index contributed by atoms with van der Waals surface area (Å²) in [6, 6.07) is 15.2. The number of rotatable bonds is 4. The Morgan fingerprint density at radius 1 is 1.00 bits per heavy atom. The van der Waals surface area contributed by atoms with Gasteiger partial charge < -0.3 is 9.53 Å². The van der Waals surface area contributed by atoms with Crippen LogP contribution in [0.1, 0.15) is 11.1 Å². The molecule has 3 rings (SSSR count). The first-order valence-corrected chi connectivity index (χ1v) is 7.01. The van der Waals surface area contributed by atoms with Crippen LogP contribution >= 0.6 is 0 Å². The zero-order valence-electron chi connectivity index (χ0n) is 11.9. The summed E-state index contributed by atoms with van der Waals surface area (Å²) in [6.45, 7) is 0.241. The zero-order valence-corrected chi connectivity index (χ0v) is 11.9. The molecular weight excluding hydrogens is 278 g/mol. The van der Waals surface area contributed by atoms with Gasteiger partial charge in [-0.3, -0.25) is 4.57 Å². The number of fused-ring (bicyclic) bond motifs is 1. The van der Waals surface area contributed by atoms with E-state index in [1.54, 1.807) is 12.4 Å². The van der Waals surface area contributed by atoms with Crippen LogP contribution in [-0.2, 0) is 22.6 Å². The minimum absolute atomic E-state index is 0.241. The van der Waals surface area contributed by atoms with E-state index < -0.39 is 6.09 Å². The smallest absolute Gasteiger partial charge is 0.418 e. The van der Waals surface area contributed by atoms with Crippen molar-refractivity contribution in [2.24, 2.45) is 0 Å². The quantitative estimate of drug-likeness (QED) is 0.691. The van der Waals surface area contributed by atoms with Crippen LogP contribution in [0.15, 0.2) is 60.9 Å². The molecule has 3 aromatic rings. The lowest BCUT2D eigenvalue weighted by atomic mass is 10.1. The minimum Gasteiger partial charge on any atom is -0.444 e. The van der Waals surface area contributed by atoms with E-state index in [2.05, 4.69) is 0 Å². The van der Waals surface area contributed by atoms with E-state index in [9.17, 15) is 9.59 Å². The normalized spacial score (nSPS) is 10.5. The predicted octanol–water partition coefficient (Wildman–Crippen LogP) is 3.57. The number of aldehydes is 1. The van der Waals surface area contributed by atoms with Gasteiger partial charge >= 0.3 is 6.09 Å². The molecule has 0 spiro atoms. The zero-order chi connectivity index (χ0) is 15.4. The molecule has 0 N–H and O–H groups in total. The van der Waals surface area contributed by atoms with Crippen molar-refractivity contribution >= 4 is 23.2 Å². The van der Waals surface area contributed by atoms with E-state index in [0.29, 0.717) is 6.42 Å². The van der Waals surface area contributed by atoms with E-state index in [4.69, 9.17) is 4.74 Å². The molecule has 2 aromatic carbocycles. The lowest BCUT2D eigenvalue weighted by molar-refractivity contribution is -0.107. The molecule has 0 amide bonds. The average Bonchev–Trinajstić information content (AvgIpc) is 2.97. The summed E-state index contributed by atoms with van der Waals surface area (Å²) >= 11 is 0. The van der Waals surface area contributed by atoms with Crippen LogP contribution in [0.3, 0.4) is 0 Å². The molecule has 4 nitrogen and oxygen atoms in total. The molecule has 0 atom stereocenters. The molecular formula is C18H15NO3. The predicted molar refractivity (Wildman–Crippen MR) is 83.7 cm³/mol. The van der Waals surface area contributed by atoms with Crippen LogP contribution in [0.25, 0.3) is 10.8 Å². The highest BCUT2D eigenvalue weighted by atomic mass is 16.5. The van der Waals surface area contributed by atoms with E-state index in [1.165, 1.54) is 4.57 Å². The lowest BCUT2D eigenvalue weighted by Crippen LogP contribution is -2.11. The highest BCUT2D eigenvalue weighted by molar-refractivity contribution is 5.87. The molecule has 22 heavy (non-hydrogen) atoms. The van der Waals surface area contributed by atoms with Crippen LogP contribution in [0.5, 0.6) is 0 Å². The second kappa shape index (κ2) is 6.26. The largest absolute Gasteiger partial charge is 0.444 e. The number of aromatic nitrogens is 1. The molecule has 110 valence electrons. The fraction of sp³-hybridized carbons (Fsp3) is 0.111. The Kier molecular flexibility index (Phi) is 4.01. The summed E-state index contributed by atoms with van der Waals surface area (Å²) < 4.78 is 6.72. The summed E-state index contributed by atoms with van der Waals surface area (Å²) in [7, 11) is 0. The first-order chi connectivity index (χ1) is 10.8. The van der Waals surface area contributed by atoms with Gasteiger partial charge in [-0.15, -0.1) is 0 Å². The van der Waals surface area contributed by atoms with Crippen molar-refractivity contribution in [2.75, 3.05) is 0 Å². The molecule has 1 aromatic heterocycles. The topological polar surface area (TPSA) is 48.3 Å².